The van der Waals surface area contributed by atoms with Crippen LogP contribution >= 0.6 is 0 Å². The summed E-state index contributed by atoms with van der Waals surface area (Å²) in [5.41, 5.74) is 0.828. The fraction of sp³-hybridized carbons (Fsp3) is 0.167. The van der Waals surface area contributed by atoms with Crippen molar-refractivity contribution in [3.8, 4) is 5.75 Å². The Kier molecular flexibility index (Phi) is 6.52. The van der Waals surface area contributed by atoms with Gasteiger partial charge in [0.2, 0.25) is 5.91 Å². The van der Waals surface area contributed by atoms with E-state index in [4.69, 9.17) is 9.47 Å². The highest BCUT2D eigenvalue weighted by atomic mass is 16.6. The van der Waals surface area contributed by atoms with Gasteiger partial charge in [0.15, 0.2) is 6.61 Å². The molecule has 1 amide bonds. The Hall–Kier alpha value is -3.15. The van der Waals surface area contributed by atoms with E-state index in [0.29, 0.717) is 18.2 Å². The van der Waals surface area contributed by atoms with Gasteiger partial charge in [-0.25, -0.2) is 9.78 Å². The molecule has 0 unspecified atom stereocenters. The molecule has 1 heterocycles. The molecule has 6 nitrogen and oxygen atoms in total. The Balaban J connectivity index is 1.84. The molecule has 1 N–H and O–H groups in total. The quantitative estimate of drug-likeness (QED) is 0.625. The highest BCUT2D eigenvalue weighted by Gasteiger charge is 2.03. The third-order valence-corrected chi connectivity index (χ3v) is 2.89. The average molecular weight is 326 g/mol. The van der Waals surface area contributed by atoms with Gasteiger partial charge in [0.05, 0.1) is 6.61 Å². The lowest BCUT2D eigenvalue weighted by atomic mass is 10.2. The van der Waals surface area contributed by atoms with Crippen LogP contribution in [-0.4, -0.2) is 30.1 Å². The number of pyridine rings is 1. The topological polar surface area (TPSA) is 77.5 Å². The van der Waals surface area contributed by atoms with Crippen LogP contribution in [0, 0.1) is 0 Å². The van der Waals surface area contributed by atoms with Crippen molar-refractivity contribution < 1.29 is 19.1 Å². The molecular weight excluding hydrogens is 308 g/mol. The van der Waals surface area contributed by atoms with Gasteiger partial charge in [-0.15, -0.1) is 0 Å². The van der Waals surface area contributed by atoms with Crippen molar-refractivity contribution in [3.05, 3.63) is 60.3 Å². The highest BCUT2D eigenvalue weighted by Crippen LogP contribution is 2.13. The third kappa shape index (κ3) is 5.92. The number of hydrogen-bond donors (Lipinski definition) is 1. The molecule has 0 bridgehead atoms. The van der Waals surface area contributed by atoms with E-state index in [1.807, 2.05) is 0 Å². The molecule has 2 rings (SSSR count). The van der Waals surface area contributed by atoms with E-state index in [2.05, 4.69) is 10.3 Å². The summed E-state index contributed by atoms with van der Waals surface area (Å²) < 4.78 is 10.1. The van der Waals surface area contributed by atoms with Crippen molar-refractivity contribution in [2.75, 3.05) is 18.5 Å². The first-order valence-corrected chi connectivity index (χ1v) is 7.46. The summed E-state index contributed by atoms with van der Waals surface area (Å²) in [6.45, 7) is 1.94. The van der Waals surface area contributed by atoms with Crippen LogP contribution in [0.2, 0.25) is 0 Å². The summed E-state index contributed by atoms with van der Waals surface area (Å²) >= 11 is 0. The first kappa shape index (κ1) is 17.2. The smallest absolute Gasteiger partial charge is 0.344 e. The minimum Gasteiger partial charge on any atom is -0.482 e. The second-order valence-electron chi connectivity index (χ2n) is 4.70. The lowest BCUT2D eigenvalue weighted by Crippen LogP contribution is -2.14. The number of anilines is 1. The molecule has 0 aliphatic rings. The zero-order valence-corrected chi connectivity index (χ0v) is 13.3. The normalized spacial score (nSPS) is 10.4. The van der Waals surface area contributed by atoms with E-state index in [9.17, 15) is 9.59 Å². The zero-order valence-electron chi connectivity index (χ0n) is 13.3. The number of nitrogens with one attached hydrogen (secondary N) is 1. The third-order valence-electron chi connectivity index (χ3n) is 2.89. The Morgan fingerprint density at radius 3 is 2.62 bits per heavy atom. The second-order valence-corrected chi connectivity index (χ2v) is 4.70. The average Bonchev–Trinajstić information content (AvgIpc) is 2.60. The van der Waals surface area contributed by atoms with E-state index in [0.717, 1.165) is 5.56 Å². The number of esters is 1. The van der Waals surface area contributed by atoms with Gasteiger partial charge in [-0.05, 0) is 42.8 Å². The predicted octanol–water partition coefficient (Wildman–Crippen LogP) is 2.68. The molecule has 6 heteroatoms. The standard InChI is InChI=1S/C18H18N2O4/c1-2-23-18(22)13-24-15-9-6-14(7-10-15)8-11-17(21)20-16-5-3-4-12-19-16/h3-12H,2,13H2,1H3,(H,19,20,21). The summed E-state index contributed by atoms with van der Waals surface area (Å²) in [4.78, 5) is 27.0. The molecule has 124 valence electrons. The number of hydrogen-bond acceptors (Lipinski definition) is 5. The van der Waals surface area contributed by atoms with Crippen molar-refractivity contribution in [2.45, 2.75) is 6.92 Å². The summed E-state index contributed by atoms with van der Waals surface area (Å²) in [5, 5.41) is 2.66. The van der Waals surface area contributed by atoms with Crippen LogP contribution in [-0.2, 0) is 14.3 Å². The summed E-state index contributed by atoms with van der Waals surface area (Å²) in [6.07, 6.45) is 4.70. The number of ether oxygens (including phenoxy) is 2. The minimum atomic E-state index is -0.410. The molecule has 24 heavy (non-hydrogen) atoms. The molecule has 0 saturated heterocycles. The Morgan fingerprint density at radius 1 is 1.17 bits per heavy atom. The number of carbonyl (C=O) groups excluding carboxylic acids is 2. The van der Waals surface area contributed by atoms with Gasteiger partial charge in [-0.1, -0.05) is 18.2 Å². The Labute approximate surface area is 140 Å². The van der Waals surface area contributed by atoms with Crippen LogP contribution in [0.4, 0.5) is 5.82 Å². The van der Waals surface area contributed by atoms with Crippen molar-refractivity contribution in [1.82, 2.24) is 4.98 Å². The van der Waals surface area contributed by atoms with Crippen molar-refractivity contribution >= 4 is 23.8 Å². The van der Waals surface area contributed by atoms with E-state index < -0.39 is 5.97 Å². The Bertz CT molecular complexity index is 697. The summed E-state index contributed by atoms with van der Waals surface area (Å²) in [5.74, 6) is 0.372. The lowest BCUT2D eigenvalue weighted by Gasteiger charge is -2.05. The molecule has 1 aromatic heterocycles. The van der Waals surface area contributed by atoms with E-state index in [1.165, 1.54) is 6.08 Å². The first-order valence-electron chi connectivity index (χ1n) is 7.46. The maximum absolute atomic E-state index is 11.8. The fourth-order valence-corrected chi connectivity index (χ4v) is 1.80. The van der Waals surface area contributed by atoms with Crippen molar-refractivity contribution in [2.24, 2.45) is 0 Å². The van der Waals surface area contributed by atoms with E-state index >= 15 is 0 Å². The molecule has 1 aromatic carbocycles. The van der Waals surface area contributed by atoms with Gasteiger partial charge in [0.25, 0.3) is 0 Å². The molecule has 0 aliphatic heterocycles. The number of nitrogens with zero attached hydrogens (tertiary/aromatic N) is 1. The molecule has 0 saturated carbocycles. The second kappa shape index (κ2) is 9.09. The number of benzene rings is 1. The lowest BCUT2D eigenvalue weighted by molar-refractivity contribution is -0.145. The number of rotatable bonds is 7. The van der Waals surface area contributed by atoms with Gasteiger partial charge in [-0.3, -0.25) is 4.79 Å². The van der Waals surface area contributed by atoms with Crippen LogP contribution in [0.1, 0.15) is 12.5 Å². The molecule has 0 fully saturated rings. The summed E-state index contributed by atoms with van der Waals surface area (Å²) in [6, 6.07) is 12.3. The van der Waals surface area contributed by atoms with Crippen LogP contribution in [0.15, 0.2) is 54.7 Å². The van der Waals surface area contributed by atoms with Crippen molar-refractivity contribution in [1.29, 1.82) is 0 Å². The van der Waals surface area contributed by atoms with Gasteiger partial charge >= 0.3 is 5.97 Å². The molecule has 2 aromatic rings. The maximum atomic E-state index is 11.8. The fourth-order valence-electron chi connectivity index (χ4n) is 1.80. The van der Waals surface area contributed by atoms with Crippen molar-refractivity contribution in [3.63, 3.8) is 0 Å². The first-order chi connectivity index (χ1) is 11.7. The highest BCUT2D eigenvalue weighted by molar-refractivity contribution is 6.01. The SMILES string of the molecule is CCOC(=O)COc1ccc(C=CC(=O)Nc2ccccn2)cc1. The molecular formula is C18H18N2O4. The minimum absolute atomic E-state index is 0.129. The molecule has 0 spiro atoms. The Morgan fingerprint density at radius 2 is 1.96 bits per heavy atom. The molecule has 0 atom stereocenters. The largest absolute Gasteiger partial charge is 0.482 e. The number of amides is 1. The van der Waals surface area contributed by atoms with Gasteiger partial charge < -0.3 is 14.8 Å². The van der Waals surface area contributed by atoms with Gasteiger partial charge in [0, 0.05) is 12.3 Å². The number of aromatic nitrogens is 1. The summed E-state index contributed by atoms with van der Waals surface area (Å²) in [7, 11) is 0. The van der Waals surface area contributed by atoms with E-state index in [-0.39, 0.29) is 12.5 Å². The van der Waals surface area contributed by atoms with Crippen LogP contribution < -0.4 is 10.1 Å². The van der Waals surface area contributed by atoms with Crippen LogP contribution in [0.3, 0.4) is 0 Å². The predicted molar refractivity (Wildman–Crippen MR) is 90.5 cm³/mol. The molecule has 0 radical (unpaired) electrons. The van der Waals surface area contributed by atoms with E-state index in [1.54, 1.807) is 61.7 Å². The van der Waals surface area contributed by atoms with Crippen LogP contribution in [0.5, 0.6) is 5.75 Å². The van der Waals surface area contributed by atoms with Gasteiger partial charge in [0.1, 0.15) is 11.6 Å². The van der Waals surface area contributed by atoms with Gasteiger partial charge in [-0.2, -0.15) is 0 Å². The molecule has 0 aliphatic carbocycles. The van der Waals surface area contributed by atoms with Crippen LogP contribution in [0.25, 0.3) is 6.08 Å². The maximum Gasteiger partial charge on any atom is 0.344 e. The number of carbonyl (C=O) groups is 2. The monoisotopic (exact) mass is 326 g/mol. The zero-order chi connectivity index (χ0) is 17.2.